The number of ether oxygens (including phenoxy) is 1. The van der Waals surface area contributed by atoms with Crippen molar-refractivity contribution in [3.63, 3.8) is 0 Å². The van der Waals surface area contributed by atoms with E-state index in [1.54, 1.807) is 18.5 Å². The van der Waals surface area contributed by atoms with E-state index < -0.39 is 0 Å². The molecular weight excluding hydrogens is 302 g/mol. The molecule has 0 radical (unpaired) electrons. The molecule has 5 nitrogen and oxygen atoms in total. The number of benzene rings is 1. The van der Waals surface area contributed by atoms with Crippen LogP contribution in [0.15, 0.2) is 55.4 Å². The van der Waals surface area contributed by atoms with Crippen molar-refractivity contribution in [3.8, 4) is 5.75 Å². The van der Waals surface area contributed by atoms with Gasteiger partial charge < -0.3 is 4.74 Å². The summed E-state index contributed by atoms with van der Waals surface area (Å²) in [5.74, 6) is 0.365. The van der Waals surface area contributed by atoms with Crippen molar-refractivity contribution in [1.29, 1.82) is 0 Å². The lowest BCUT2D eigenvalue weighted by Crippen LogP contribution is -2.39. The Balaban J connectivity index is 1.78. The first-order valence-electron chi connectivity index (χ1n) is 7.74. The van der Waals surface area contributed by atoms with E-state index in [0.717, 1.165) is 5.56 Å². The van der Waals surface area contributed by atoms with Crippen LogP contribution in [0.5, 0.6) is 5.75 Å². The molecule has 0 unspecified atom stereocenters. The monoisotopic (exact) mass is 325 g/mol. The Morgan fingerprint density at radius 2 is 1.88 bits per heavy atom. The number of nitrogens with zero attached hydrogens (tertiary/aromatic N) is 1. The lowest BCUT2D eigenvalue weighted by molar-refractivity contribution is -0.123. The van der Waals surface area contributed by atoms with E-state index in [1.165, 1.54) is 5.56 Å². The molecule has 0 saturated carbocycles. The second-order valence-corrected chi connectivity index (χ2v) is 6.46. The molecule has 5 heteroatoms. The van der Waals surface area contributed by atoms with Crippen LogP contribution in [0.2, 0.25) is 0 Å². The Labute approximate surface area is 142 Å². The van der Waals surface area contributed by atoms with Crippen molar-refractivity contribution in [3.05, 3.63) is 66.5 Å². The van der Waals surface area contributed by atoms with Crippen molar-refractivity contribution in [1.82, 2.24) is 15.8 Å². The zero-order chi connectivity index (χ0) is 17.6. The summed E-state index contributed by atoms with van der Waals surface area (Å²) < 4.78 is 5.48. The summed E-state index contributed by atoms with van der Waals surface area (Å²) in [7, 11) is 0. The Morgan fingerprint density at radius 1 is 1.17 bits per heavy atom. The highest BCUT2D eigenvalue weighted by Gasteiger charge is 2.13. The lowest BCUT2D eigenvalue weighted by atomic mass is 9.87. The van der Waals surface area contributed by atoms with Crippen LogP contribution < -0.4 is 15.6 Å². The van der Waals surface area contributed by atoms with Crippen LogP contribution in [0.4, 0.5) is 0 Å². The van der Waals surface area contributed by atoms with E-state index in [2.05, 4.69) is 43.2 Å². The Hall–Kier alpha value is -2.82. The summed E-state index contributed by atoms with van der Waals surface area (Å²) in [5.41, 5.74) is 7.97. The van der Waals surface area contributed by atoms with Gasteiger partial charge in [0.15, 0.2) is 6.61 Å². The zero-order valence-corrected chi connectivity index (χ0v) is 14.3. The maximum Gasteiger partial charge on any atom is 0.276 e. The molecule has 0 aliphatic rings. The number of hydrazine groups is 1. The number of aromatic nitrogens is 1. The highest BCUT2D eigenvalue weighted by Crippen LogP contribution is 2.24. The summed E-state index contributed by atoms with van der Waals surface area (Å²) in [6, 6.07) is 11.4. The number of pyridine rings is 1. The number of nitrogens with one attached hydrogen (secondary N) is 2. The van der Waals surface area contributed by atoms with Gasteiger partial charge in [0.25, 0.3) is 5.91 Å². The minimum atomic E-state index is -0.292. The Morgan fingerprint density at radius 3 is 2.46 bits per heavy atom. The van der Waals surface area contributed by atoms with Gasteiger partial charge in [-0.1, -0.05) is 39.5 Å². The van der Waals surface area contributed by atoms with Crippen LogP contribution in [0.1, 0.15) is 31.9 Å². The highest BCUT2D eigenvalue weighted by atomic mass is 16.5. The third kappa shape index (κ3) is 5.12. The standard InChI is InChI=1S/C19H23N3O2/c1-14(15-6-5-11-20-12-15)21-22-18(23)13-24-17-9-7-16(8-10-17)19(2,3)4/h5-12,21H,1,13H2,2-4H3,(H,22,23). The minimum absolute atomic E-state index is 0.0812. The van der Waals surface area contributed by atoms with Gasteiger partial charge in [-0.15, -0.1) is 0 Å². The molecular formula is C19H23N3O2. The third-order valence-electron chi connectivity index (χ3n) is 3.45. The van der Waals surface area contributed by atoms with Gasteiger partial charge in [0.1, 0.15) is 5.75 Å². The first-order chi connectivity index (χ1) is 11.4. The van der Waals surface area contributed by atoms with Crippen LogP contribution in [0.3, 0.4) is 0 Å². The Bertz CT molecular complexity index is 689. The fourth-order valence-corrected chi connectivity index (χ4v) is 1.99. The van der Waals surface area contributed by atoms with E-state index >= 15 is 0 Å². The number of amides is 1. The van der Waals surface area contributed by atoms with Crippen molar-refractivity contribution in [2.24, 2.45) is 0 Å². The first kappa shape index (κ1) is 17.5. The molecule has 0 atom stereocenters. The van der Waals surface area contributed by atoms with Crippen molar-refractivity contribution in [2.45, 2.75) is 26.2 Å². The molecule has 0 bridgehead atoms. The molecule has 1 heterocycles. The smallest absolute Gasteiger partial charge is 0.276 e. The van der Waals surface area contributed by atoms with Crippen LogP contribution >= 0.6 is 0 Å². The van der Waals surface area contributed by atoms with Gasteiger partial charge >= 0.3 is 0 Å². The van der Waals surface area contributed by atoms with E-state index in [0.29, 0.717) is 11.4 Å². The number of rotatable bonds is 6. The summed E-state index contributed by atoms with van der Waals surface area (Å²) in [5, 5.41) is 0. The molecule has 0 aliphatic heterocycles. The van der Waals surface area contributed by atoms with Gasteiger partial charge in [0.05, 0.1) is 5.70 Å². The second kappa shape index (κ2) is 7.64. The van der Waals surface area contributed by atoms with Crippen LogP contribution in [0.25, 0.3) is 5.70 Å². The normalized spacial score (nSPS) is 10.8. The number of hydrogen-bond acceptors (Lipinski definition) is 4. The molecule has 126 valence electrons. The van der Waals surface area contributed by atoms with Crippen molar-refractivity contribution < 1.29 is 9.53 Å². The summed E-state index contributed by atoms with van der Waals surface area (Å²) in [6.45, 7) is 10.2. The van der Waals surface area contributed by atoms with Gasteiger partial charge in [-0.05, 0) is 35.2 Å². The molecule has 0 saturated heterocycles. The van der Waals surface area contributed by atoms with Crippen molar-refractivity contribution in [2.75, 3.05) is 6.61 Å². The van der Waals surface area contributed by atoms with Crippen LogP contribution in [0, 0.1) is 0 Å². The first-order valence-corrected chi connectivity index (χ1v) is 7.74. The van der Waals surface area contributed by atoms with E-state index in [1.807, 2.05) is 30.3 Å². The largest absolute Gasteiger partial charge is 0.484 e. The number of hydrogen-bond donors (Lipinski definition) is 2. The van der Waals surface area contributed by atoms with E-state index in [-0.39, 0.29) is 17.9 Å². The topological polar surface area (TPSA) is 63.2 Å². The SMILES string of the molecule is C=C(NNC(=O)COc1ccc(C(C)(C)C)cc1)c1cccnc1. The average Bonchev–Trinajstić information content (AvgIpc) is 2.58. The summed E-state index contributed by atoms with van der Waals surface area (Å²) in [6.07, 6.45) is 3.34. The second-order valence-electron chi connectivity index (χ2n) is 6.46. The van der Waals surface area contributed by atoms with Crippen LogP contribution in [-0.2, 0) is 10.2 Å². The molecule has 1 aromatic heterocycles. The summed E-state index contributed by atoms with van der Waals surface area (Å²) in [4.78, 5) is 15.8. The maximum atomic E-state index is 11.8. The van der Waals surface area contributed by atoms with Gasteiger partial charge in [-0.3, -0.25) is 20.6 Å². The predicted molar refractivity (Wildman–Crippen MR) is 95.2 cm³/mol. The number of carbonyl (C=O) groups excluding carboxylic acids is 1. The van der Waals surface area contributed by atoms with Gasteiger partial charge in [-0.2, -0.15) is 0 Å². The highest BCUT2D eigenvalue weighted by molar-refractivity contribution is 5.78. The van der Waals surface area contributed by atoms with E-state index in [4.69, 9.17) is 4.74 Å². The number of carbonyl (C=O) groups is 1. The minimum Gasteiger partial charge on any atom is -0.484 e. The lowest BCUT2D eigenvalue weighted by Gasteiger charge is -2.19. The summed E-state index contributed by atoms with van der Waals surface area (Å²) >= 11 is 0. The zero-order valence-electron chi connectivity index (χ0n) is 14.3. The molecule has 2 N–H and O–H groups in total. The molecule has 0 fully saturated rings. The molecule has 1 amide bonds. The molecule has 24 heavy (non-hydrogen) atoms. The fraction of sp³-hybridized carbons (Fsp3) is 0.263. The fourth-order valence-electron chi connectivity index (χ4n) is 1.99. The third-order valence-corrected chi connectivity index (χ3v) is 3.45. The van der Waals surface area contributed by atoms with Gasteiger partial charge in [0.2, 0.25) is 0 Å². The molecule has 2 rings (SSSR count). The molecule has 2 aromatic rings. The van der Waals surface area contributed by atoms with Crippen molar-refractivity contribution >= 4 is 11.6 Å². The molecule has 1 aromatic carbocycles. The van der Waals surface area contributed by atoms with Gasteiger partial charge in [0, 0.05) is 18.0 Å². The maximum absolute atomic E-state index is 11.8. The molecule has 0 spiro atoms. The Kier molecular flexibility index (Phi) is 5.58. The van der Waals surface area contributed by atoms with Gasteiger partial charge in [-0.25, -0.2) is 0 Å². The predicted octanol–water partition coefficient (Wildman–Crippen LogP) is 3.05. The average molecular weight is 325 g/mol. The quantitative estimate of drug-likeness (QED) is 0.801. The van der Waals surface area contributed by atoms with E-state index in [9.17, 15) is 4.79 Å². The van der Waals surface area contributed by atoms with Crippen LogP contribution in [-0.4, -0.2) is 17.5 Å². The molecule has 0 aliphatic carbocycles.